The van der Waals surface area contributed by atoms with E-state index in [4.69, 9.17) is 5.26 Å². The lowest BCUT2D eigenvalue weighted by molar-refractivity contribution is -0.385. The van der Waals surface area contributed by atoms with Crippen LogP contribution < -0.4 is 5.32 Å². The zero-order valence-corrected chi connectivity index (χ0v) is 12.5. The van der Waals surface area contributed by atoms with Crippen molar-refractivity contribution in [2.45, 2.75) is 32.2 Å². The number of nitrogens with one attached hydrogen (secondary N) is 1. The third-order valence-corrected chi connectivity index (χ3v) is 3.44. The summed E-state index contributed by atoms with van der Waals surface area (Å²) in [5, 5.41) is 22.2. The molecule has 1 N–H and O–H groups in total. The highest BCUT2D eigenvalue weighted by Crippen LogP contribution is 2.25. The number of nitro benzene ring substituents is 1. The van der Waals surface area contributed by atoms with Gasteiger partial charge in [0, 0.05) is 12.1 Å². The van der Waals surface area contributed by atoms with Crippen LogP contribution in [0.3, 0.4) is 0 Å². The van der Waals surface area contributed by atoms with E-state index in [1.54, 1.807) is 12.1 Å². The van der Waals surface area contributed by atoms with Gasteiger partial charge in [0.15, 0.2) is 0 Å². The molecule has 0 aliphatic carbocycles. The fourth-order valence-corrected chi connectivity index (χ4v) is 2.07. The summed E-state index contributed by atoms with van der Waals surface area (Å²) in [7, 11) is 0. The van der Waals surface area contributed by atoms with Gasteiger partial charge in [0.1, 0.15) is 0 Å². The maximum Gasteiger partial charge on any atom is 0.283 e. The van der Waals surface area contributed by atoms with E-state index < -0.39 is 4.92 Å². The van der Waals surface area contributed by atoms with Crippen LogP contribution in [-0.4, -0.2) is 16.9 Å². The normalized spacial score (nSPS) is 11.4. The standard InChI is InChI=1S/C13H14BrN3O3/c1-2-10(5-6-15)16-13(18)8-9-3-4-11(14)12(7-9)17(19)20/h3-4,7,10H,2,5,8H2,1H3,(H,16,18)/t10-/m1/s1. The predicted octanol–water partition coefficient (Wildman–Crippen LogP) is 2.71. The molecule has 0 aliphatic rings. The number of carbonyl (C=O) groups is 1. The summed E-state index contributed by atoms with van der Waals surface area (Å²) in [6.45, 7) is 1.88. The van der Waals surface area contributed by atoms with Crippen LogP contribution in [0, 0.1) is 21.4 Å². The number of amides is 1. The van der Waals surface area contributed by atoms with E-state index in [2.05, 4.69) is 21.2 Å². The molecule has 1 atom stereocenters. The summed E-state index contributed by atoms with van der Waals surface area (Å²) in [4.78, 5) is 22.1. The number of carbonyl (C=O) groups excluding carboxylic acids is 1. The molecule has 0 aromatic heterocycles. The molecule has 1 aromatic carbocycles. The Morgan fingerprint density at radius 2 is 2.30 bits per heavy atom. The second kappa shape index (κ2) is 7.60. The number of hydrogen-bond donors (Lipinski definition) is 1. The molecule has 106 valence electrons. The summed E-state index contributed by atoms with van der Waals surface area (Å²) in [5.41, 5.74) is 0.489. The second-order valence-corrected chi connectivity index (χ2v) is 5.11. The van der Waals surface area contributed by atoms with Crippen molar-refractivity contribution in [2.75, 3.05) is 0 Å². The first-order valence-corrected chi connectivity index (χ1v) is 6.86. The number of nitro groups is 1. The minimum absolute atomic E-state index is 0.0516. The number of rotatable bonds is 6. The van der Waals surface area contributed by atoms with Crippen LogP contribution in [0.15, 0.2) is 22.7 Å². The molecule has 0 unspecified atom stereocenters. The van der Waals surface area contributed by atoms with Crippen molar-refractivity contribution in [3.05, 3.63) is 38.3 Å². The van der Waals surface area contributed by atoms with Crippen molar-refractivity contribution < 1.29 is 9.72 Å². The van der Waals surface area contributed by atoms with Gasteiger partial charge in [-0.05, 0) is 34.0 Å². The Morgan fingerprint density at radius 3 is 2.85 bits per heavy atom. The summed E-state index contributed by atoms with van der Waals surface area (Å²) < 4.78 is 0.377. The predicted molar refractivity (Wildman–Crippen MR) is 77.0 cm³/mol. The Morgan fingerprint density at radius 1 is 1.60 bits per heavy atom. The second-order valence-electron chi connectivity index (χ2n) is 4.25. The van der Waals surface area contributed by atoms with Crippen LogP contribution in [0.5, 0.6) is 0 Å². The fourth-order valence-electron chi connectivity index (χ4n) is 1.68. The maximum atomic E-state index is 11.8. The molecule has 0 saturated heterocycles. The highest BCUT2D eigenvalue weighted by atomic mass is 79.9. The largest absolute Gasteiger partial charge is 0.352 e. The minimum atomic E-state index is -0.504. The van der Waals surface area contributed by atoms with E-state index in [0.717, 1.165) is 0 Å². The van der Waals surface area contributed by atoms with Crippen molar-refractivity contribution in [1.82, 2.24) is 5.32 Å². The molecule has 0 radical (unpaired) electrons. The Bertz CT molecular complexity index is 554. The zero-order chi connectivity index (χ0) is 15.1. The first-order valence-electron chi connectivity index (χ1n) is 6.07. The van der Waals surface area contributed by atoms with E-state index in [1.165, 1.54) is 6.07 Å². The Labute approximate surface area is 125 Å². The van der Waals surface area contributed by atoms with Gasteiger partial charge < -0.3 is 5.32 Å². The van der Waals surface area contributed by atoms with Gasteiger partial charge in [-0.1, -0.05) is 13.0 Å². The number of halogens is 1. The molecule has 0 aliphatic heterocycles. The molecule has 20 heavy (non-hydrogen) atoms. The Balaban J connectivity index is 2.74. The van der Waals surface area contributed by atoms with E-state index >= 15 is 0 Å². The highest BCUT2D eigenvalue weighted by molar-refractivity contribution is 9.10. The maximum absolute atomic E-state index is 11.8. The van der Waals surface area contributed by atoms with Crippen molar-refractivity contribution in [1.29, 1.82) is 5.26 Å². The Kier molecular flexibility index (Phi) is 6.12. The van der Waals surface area contributed by atoms with Gasteiger partial charge in [0.2, 0.25) is 5.91 Å². The van der Waals surface area contributed by atoms with Crippen molar-refractivity contribution in [3.63, 3.8) is 0 Å². The van der Waals surface area contributed by atoms with Gasteiger partial charge >= 0.3 is 0 Å². The van der Waals surface area contributed by atoms with Gasteiger partial charge in [-0.2, -0.15) is 5.26 Å². The third-order valence-electron chi connectivity index (χ3n) is 2.77. The van der Waals surface area contributed by atoms with E-state index in [1.807, 2.05) is 13.0 Å². The van der Waals surface area contributed by atoms with E-state index in [-0.39, 0.29) is 30.5 Å². The van der Waals surface area contributed by atoms with Gasteiger partial charge in [-0.15, -0.1) is 0 Å². The summed E-state index contributed by atoms with van der Waals surface area (Å²) in [6, 6.07) is 6.40. The van der Waals surface area contributed by atoms with E-state index in [9.17, 15) is 14.9 Å². The Hall–Kier alpha value is -1.94. The SMILES string of the molecule is CC[C@H](CC#N)NC(=O)Cc1ccc(Br)c([N+](=O)[O-])c1. The zero-order valence-electron chi connectivity index (χ0n) is 10.9. The van der Waals surface area contributed by atoms with Gasteiger partial charge in [-0.3, -0.25) is 14.9 Å². The fraction of sp³-hybridized carbons (Fsp3) is 0.385. The number of nitriles is 1. The third kappa shape index (κ3) is 4.63. The van der Waals surface area contributed by atoms with Crippen molar-refractivity contribution >= 4 is 27.5 Å². The minimum Gasteiger partial charge on any atom is -0.352 e. The lowest BCUT2D eigenvalue weighted by atomic mass is 10.1. The van der Waals surface area contributed by atoms with Gasteiger partial charge in [0.25, 0.3) is 5.69 Å². The molecular weight excluding hydrogens is 326 g/mol. The smallest absolute Gasteiger partial charge is 0.283 e. The molecule has 1 amide bonds. The molecule has 0 heterocycles. The quantitative estimate of drug-likeness (QED) is 0.636. The average Bonchev–Trinajstić information content (AvgIpc) is 2.40. The van der Waals surface area contributed by atoms with Gasteiger partial charge in [0.05, 0.1) is 28.3 Å². The molecular formula is C13H14BrN3O3. The van der Waals surface area contributed by atoms with Crippen LogP contribution in [0.2, 0.25) is 0 Å². The molecule has 1 rings (SSSR count). The molecule has 0 spiro atoms. The lowest BCUT2D eigenvalue weighted by Crippen LogP contribution is -2.35. The van der Waals surface area contributed by atoms with Crippen LogP contribution in [0.25, 0.3) is 0 Å². The van der Waals surface area contributed by atoms with Gasteiger partial charge in [-0.25, -0.2) is 0 Å². The van der Waals surface area contributed by atoms with Crippen LogP contribution >= 0.6 is 15.9 Å². The van der Waals surface area contributed by atoms with Crippen molar-refractivity contribution in [3.8, 4) is 6.07 Å². The summed E-state index contributed by atoms with van der Waals surface area (Å²) in [5.74, 6) is -0.247. The molecule has 0 saturated carbocycles. The van der Waals surface area contributed by atoms with Crippen molar-refractivity contribution in [2.24, 2.45) is 0 Å². The van der Waals surface area contributed by atoms with E-state index in [0.29, 0.717) is 16.5 Å². The first-order chi connectivity index (χ1) is 9.47. The van der Waals surface area contributed by atoms with Crippen LogP contribution in [0.4, 0.5) is 5.69 Å². The van der Waals surface area contributed by atoms with Crippen LogP contribution in [0.1, 0.15) is 25.3 Å². The summed E-state index contributed by atoms with van der Waals surface area (Å²) >= 11 is 3.09. The number of hydrogen-bond acceptors (Lipinski definition) is 4. The molecule has 0 fully saturated rings. The first kappa shape index (κ1) is 16.1. The monoisotopic (exact) mass is 339 g/mol. The lowest BCUT2D eigenvalue weighted by Gasteiger charge is -2.13. The highest BCUT2D eigenvalue weighted by Gasteiger charge is 2.15. The average molecular weight is 340 g/mol. The summed E-state index contributed by atoms with van der Waals surface area (Å²) in [6.07, 6.45) is 0.971. The topological polar surface area (TPSA) is 96.0 Å². The molecule has 7 heteroatoms. The number of nitrogens with zero attached hydrogens (tertiary/aromatic N) is 2. The molecule has 6 nitrogen and oxygen atoms in total. The molecule has 0 bridgehead atoms. The van der Waals surface area contributed by atoms with Crippen LogP contribution in [-0.2, 0) is 11.2 Å². The molecule has 1 aromatic rings. The number of benzene rings is 1.